The lowest BCUT2D eigenvalue weighted by atomic mass is 10.3. The molecule has 1 N–H and O–H groups in total. The van der Waals surface area contributed by atoms with Crippen LogP contribution in [0.3, 0.4) is 0 Å². The normalized spacial score (nSPS) is 14.0. The molecule has 1 aliphatic heterocycles. The fourth-order valence-corrected chi connectivity index (χ4v) is 4.51. The van der Waals surface area contributed by atoms with Gasteiger partial charge < -0.3 is 29.3 Å². The number of rotatable bonds is 5. The van der Waals surface area contributed by atoms with E-state index in [1.54, 1.807) is 32.7 Å². The van der Waals surface area contributed by atoms with Crippen molar-refractivity contribution in [1.82, 2.24) is 9.88 Å². The van der Waals surface area contributed by atoms with Gasteiger partial charge in [0.25, 0.3) is 0 Å². The molecule has 1 saturated heterocycles. The number of carbonyl (C=O) groups is 1. The number of benzene rings is 2. The second-order valence-corrected chi connectivity index (χ2v) is 7.75. The molecule has 1 aliphatic rings. The molecule has 0 saturated carbocycles. The molecular formula is C21H24N4O4S. The molecule has 3 aromatic rings. The number of amides is 2. The predicted octanol–water partition coefficient (Wildman–Crippen LogP) is 3.68. The van der Waals surface area contributed by atoms with E-state index in [1.165, 1.54) is 0 Å². The third-order valence-electron chi connectivity index (χ3n) is 5.08. The largest absolute Gasteiger partial charge is 0.497 e. The van der Waals surface area contributed by atoms with Gasteiger partial charge in [-0.3, -0.25) is 0 Å². The van der Waals surface area contributed by atoms with E-state index in [0.717, 1.165) is 38.3 Å². The molecule has 1 fully saturated rings. The van der Waals surface area contributed by atoms with Crippen LogP contribution < -0.4 is 24.4 Å². The minimum Gasteiger partial charge on any atom is -0.497 e. The molecule has 0 spiro atoms. The topological polar surface area (TPSA) is 76.2 Å². The van der Waals surface area contributed by atoms with Crippen LogP contribution >= 0.6 is 11.3 Å². The molecule has 2 heterocycles. The van der Waals surface area contributed by atoms with Gasteiger partial charge in [0.15, 0.2) is 5.13 Å². The van der Waals surface area contributed by atoms with Crippen molar-refractivity contribution in [1.29, 1.82) is 0 Å². The molecule has 0 radical (unpaired) electrons. The SMILES string of the molecule is COc1ccc(NC(=O)N2CCN(c3nc4c(OC)ccc(OC)c4s3)CC2)cc1. The number of urea groups is 1. The number of hydrogen-bond acceptors (Lipinski definition) is 7. The summed E-state index contributed by atoms with van der Waals surface area (Å²) in [6.45, 7) is 2.65. The Hall–Kier alpha value is -3.20. The lowest BCUT2D eigenvalue weighted by molar-refractivity contribution is 0.208. The van der Waals surface area contributed by atoms with Crippen molar-refractivity contribution in [2.75, 3.05) is 57.7 Å². The zero-order valence-electron chi connectivity index (χ0n) is 17.2. The Kier molecular flexibility index (Phi) is 5.80. The molecule has 0 bridgehead atoms. The summed E-state index contributed by atoms with van der Waals surface area (Å²) in [7, 11) is 4.91. The first-order valence-corrected chi connectivity index (χ1v) is 10.4. The van der Waals surface area contributed by atoms with Crippen molar-refractivity contribution in [3.8, 4) is 17.2 Å². The van der Waals surface area contributed by atoms with Crippen molar-refractivity contribution < 1.29 is 19.0 Å². The molecular weight excluding hydrogens is 404 g/mol. The highest BCUT2D eigenvalue weighted by Crippen LogP contribution is 2.40. The second kappa shape index (κ2) is 8.66. The van der Waals surface area contributed by atoms with Crippen molar-refractivity contribution >= 4 is 38.4 Å². The van der Waals surface area contributed by atoms with Gasteiger partial charge in [-0.2, -0.15) is 0 Å². The zero-order valence-corrected chi connectivity index (χ0v) is 18.0. The van der Waals surface area contributed by atoms with E-state index in [0.29, 0.717) is 26.2 Å². The van der Waals surface area contributed by atoms with Crippen LogP contribution in [0.4, 0.5) is 15.6 Å². The number of piperazine rings is 1. The van der Waals surface area contributed by atoms with Gasteiger partial charge in [0, 0.05) is 31.9 Å². The third kappa shape index (κ3) is 3.93. The van der Waals surface area contributed by atoms with Gasteiger partial charge in [0.1, 0.15) is 27.5 Å². The molecule has 8 nitrogen and oxygen atoms in total. The van der Waals surface area contributed by atoms with E-state index in [4.69, 9.17) is 19.2 Å². The summed E-state index contributed by atoms with van der Waals surface area (Å²) >= 11 is 1.58. The monoisotopic (exact) mass is 428 g/mol. The fourth-order valence-electron chi connectivity index (χ4n) is 3.39. The van der Waals surface area contributed by atoms with Crippen LogP contribution in [0.2, 0.25) is 0 Å². The Morgan fingerprint density at radius 2 is 1.60 bits per heavy atom. The Labute approximate surface area is 179 Å². The minimum atomic E-state index is -0.104. The van der Waals surface area contributed by atoms with Crippen LogP contribution in [0.15, 0.2) is 36.4 Å². The molecule has 2 aromatic carbocycles. The summed E-state index contributed by atoms with van der Waals surface area (Å²) < 4.78 is 17.0. The average molecular weight is 429 g/mol. The molecule has 30 heavy (non-hydrogen) atoms. The van der Waals surface area contributed by atoms with Crippen molar-refractivity contribution in [2.45, 2.75) is 0 Å². The van der Waals surface area contributed by atoms with Crippen molar-refractivity contribution in [3.05, 3.63) is 36.4 Å². The van der Waals surface area contributed by atoms with Gasteiger partial charge in [-0.1, -0.05) is 11.3 Å². The Morgan fingerprint density at radius 1 is 0.933 bits per heavy atom. The quantitative estimate of drug-likeness (QED) is 0.668. The number of carbonyl (C=O) groups excluding carboxylic acids is 1. The molecule has 0 atom stereocenters. The van der Waals surface area contributed by atoms with Crippen LogP contribution in [-0.2, 0) is 0 Å². The molecule has 2 amide bonds. The van der Waals surface area contributed by atoms with E-state index >= 15 is 0 Å². The fraction of sp³-hybridized carbons (Fsp3) is 0.333. The summed E-state index contributed by atoms with van der Waals surface area (Å²) in [5.74, 6) is 2.27. The maximum absolute atomic E-state index is 12.6. The minimum absolute atomic E-state index is 0.104. The second-order valence-electron chi connectivity index (χ2n) is 6.78. The Morgan fingerprint density at radius 3 is 2.23 bits per heavy atom. The first-order valence-electron chi connectivity index (χ1n) is 9.59. The maximum Gasteiger partial charge on any atom is 0.321 e. The molecule has 158 valence electrons. The number of thiazole rings is 1. The van der Waals surface area contributed by atoms with Gasteiger partial charge >= 0.3 is 6.03 Å². The van der Waals surface area contributed by atoms with Crippen molar-refractivity contribution in [3.63, 3.8) is 0 Å². The summed E-state index contributed by atoms with van der Waals surface area (Å²) in [4.78, 5) is 21.4. The highest BCUT2D eigenvalue weighted by molar-refractivity contribution is 7.22. The summed E-state index contributed by atoms with van der Waals surface area (Å²) in [5.41, 5.74) is 1.55. The Balaban J connectivity index is 1.42. The maximum atomic E-state index is 12.6. The lowest BCUT2D eigenvalue weighted by Gasteiger charge is -2.34. The number of ether oxygens (including phenoxy) is 3. The van der Waals surface area contributed by atoms with Crippen molar-refractivity contribution in [2.24, 2.45) is 0 Å². The summed E-state index contributed by atoms with van der Waals surface area (Å²) in [6.07, 6.45) is 0. The van der Waals surface area contributed by atoms with Crippen LogP contribution in [-0.4, -0.2) is 63.4 Å². The number of nitrogens with one attached hydrogen (secondary N) is 1. The molecule has 0 aliphatic carbocycles. The highest BCUT2D eigenvalue weighted by Gasteiger charge is 2.24. The first kappa shape index (κ1) is 20.1. The first-order chi connectivity index (χ1) is 14.6. The van der Waals surface area contributed by atoms with Gasteiger partial charge in [-0.05, 0) is 36.4 Å². The average Bonchev–Trinajstić information content (AvgIpc) is 3.24. The van der Waals surface area contributed by atoms with Gasteiger partial charge in [0.2, 0.25) is 0 Å². The van der Waals surface area contributed by atoms with E-state index in [2.05, 4.69) is 10.2 Å². The number of aromatic nitrogens is 1. The van der Waals surface area contributed by atoms with Crippen LogP contribution in [0, 0.1) is 0 Å². The number of fused-ring (bicyclic) bond motifs is 1. The zero-order chi connectivity index (χ0) is 21.1. The molecule has 9 heteroatoms. The van der Waals surface area contributed by atoms with Crippen LogP contribution in [0.25, 0.3) is 10.2 Å². The lowest BCUT2D eigenvalue weighted by Crippen LogP contribution is -2.50. The third-order valence-corrected chi connectivity index (χ3v) is 6.21. The molecule has 1 aromatic heterocycles. The Bertz CT molecular complexity index is 988. The van der Waals surface area contributed by atoms with Crippen LogP contribution in [0.1, 0.15) is 0 Å². The number of methoxy groups -OCH3 is 3. The number of anilines is 2. The highest BCUT2D eigenvalue weighted by atomic mass is 32.1. The smallest absolute Gasteiger partial charge is 0.321 e. The van der Waals surface area contributed by atoms with E-state index < -0.39 is 0 Å². The molecule has 4 rings (SSSR count). The van der Waals surface area contributed by atoms with E-state index in [9.17, 15) is 4.79 Å². The predicted molar refractivity (Wildman–Crippen MR) is 119 cm³/mol. The van der Waals surface area contributed by atoms with Crippen LogP contribution in [0.5, 0.6) is 17.2 Å². The number of hydrogen-bond donors (Lipinski definition) is 1. The summed E-state index contributed by atoms with van der Waals surface area (Å²) in [5, 5.41) is 3.84. The van der Waals surface area contributed by atoms with E-state index in [1.807, 2.05) is 41.3 Å². The standard InChI is InChI=1S/C21H24N4O4S/c1-27-15-6-4-14(5-7-15)22-20(26)24-10-12-25(13-11-24)21-23-18-16(28-2)8-9-17(29-3)19(18)30-21/h4-9H,10-13H2,1-3H3,(H,22,26). The van der Waals surface area contributed by atoms with Gasteiger partial charge in [-0.15, -0.1) is 0 Å². The van der Waals surface area contributed by atoms with Gasteiger partial charge in [0.05, 0.1) is 21.3 Å². The molecule has 0 unspecified atom stereocenters. The summed E-state index contributed by atoms with van der Waals surface area (Å²) in [6, 6.07) is 11.0. The van der Waals surface area contributed by atoms with Gasteiger partial charge in [-0.25, -0.2) is 9.78 Å². The number of nitrogens with zero attached hydrogens (tertiary/aromatic N) is 3. The van der Waals surface area contributed by atoms with E-state index in [-0.39, 0.29) is 6.03 Å².